The van der Waals surface area contributed by atoms with Gasteiger partial charge in [0.25, 0.3) is 0 Å². The van der Waals surface area contributed by atoms with Crippen LogP contribution in [0.5, 0.6) is 0 Å². The van der Waals surface area contributed by atoms with E-state index in [0.717, 1.165) is 13.1 Å². The van der Waals surface area contributed by atoms with Crippen molar-refractivity contribution in [2.45, 2.75) is 25.2 Å². The molecule has 4 rings (SSSR count). The molecule has 2 aliphatic heterocycles. The molecule has 2 fully saturated rings. The Morgan fingerprint density at radius 3 is 1.75 bits per heavy atom. The van der Waals surface area contributed by atoms with Gasteiger partial charge in [0.1, 0.15) is 0 Å². The Morgan fingerprint density at radius 1 is 0.708 bits per heavy atom. The number of nitrogens with zero attached hydrogens (tertiary/aromatic N) is 3. The second-order valence-electron chi connectivity index (χ2n) is 7.37. The zero-order valence-electron chi connectivity index (χ0n) is 14.5. The van der Waals surface area contributed by atoms with E-state index in [0.29, 0.717) is 12.1 Å². The van der Waals surface area contributed by atoms with Gasteiger partial charge in [-0.15, -0.1) is 0 Å². The van der Waals surface area contributed by atoms with Crippen LogP contribution in [0.2, 0.25) is 0 Å². The van der Waals surface area contributed by atoms with Crippen molar-refractivity contribution in [2.24, 2.45) is 0 Å². The predicted octanol–water partition coefficient (Wildman–Crippen LogP) is 2.69. The van der Waals surface area contributed by atoms with Crippen LogP contribution in [0.4, 0.5) is 0 Å². The highest BCUT2D eigenvalue weighted by Gasteiger charge is 2.38. The maximum Gasteiger partial charge on any atom is 0.0358 e. The molecule has 2 bridgehead atoms. The van der Waals surface area contributed by atoms with Gasteiger partial charge in [0.15, 0.2) is 0 Å². The fourth-order valence-electron chi connectivity index (χ4n) is 4.32. The quantitative estimate of drug-likeness (QED) is 0.857. The van der Waals surface area contributed by atoms with Gasteiger partial charge < -0.3 is 4.90 Å². The largest absolute Gasteiger partial charge is 0.303 e. The second kappa shape index (κ2) is 7.06. The molecule has 24 heavy (non-hydrogen) atoms. The number of rotatable bonds is 4. The molecule has 0 radical (unpaired) electrons. The Balaban J connectivity index is 1.47. The first-order valence-electron chi connectivity index (χ1n) is 9.02. The minimum absolute atomic E-state index is 0.631. The summed E-state index contributed by atoms with van der Waals surface area (Å²) in [6.45, 7) is 6.86. The maximum atomic E-state index is 2.75. The molecule has 2 aromatic rings. The predicted molar refractivity (Wildman–Crippen MR) is 98.8 cm³/mol. The van der Waals surface area contributed by atoms with E-state index in [1.54, 1.807) is 0 Å². The normalized spacial score (nSPS) is 25.7. The molecule has 2 aromatic carbocycles. The van der Waals surface area contributed by atoms with Gasteiger partial charge in [0, 0.05) is 51.4 Å². The molecule has 2 unspecified atom stereocenters. The number of fused-ring (bicyclic) bond motifs is 2. The lowest BCUT2D eigenvalue weighted by molar-refractivity contribution is -0.0450. The summed E-state index contributed by atoms with van der Waals surface area (Å²) in [5, 5.41) is 0. The Kier molecular flexibility index (Phi) is 4.65. The van der Waals surface area contributed by atoms with E-state index in [4.69, 9.17) is 0 Å². The van der Waals surface area contributed by atoms with Crippen molar-refractivity contribution in [1.29, 1.82) is 0 Å². The van der Waals surface area contributed by atoms with Crippen molar-refractivity contribution in [3.8, 4) is 0 Å². The van der Waals surface area contributed by atoms with Gasteiger partial charge in [-0.05, 0) is 18.2 Å². The van der Waals surface area contributed by atoms with Crippen molar-refractivity contribution in [3.63, 3.8) is 0 Å². The molecule has 3 heteroatoms. The second-order valence-corrected chi connectivity index (χ2v) is 7.37. The van der Waals surface area contributed by atoms with Gasteiger partial charge in [-0.1, -0.05) is 60.7 Å². The van der Waals surface area contributed by atoms with Crippen LogP contribution in [0.15, 0.2) is 60.7 Å². The first-order valence-corrected chi connectivity index (χ1v) is 9.02. The molecule has 2 aliphatic rings. The van der Waals surface area contributed by atoms with E-state index < -0.39 is 0 Å². The van der Waals surface area contributed by atoms with Crippen molar-refractivity contribution < 1.29 is 0 Å². The van der Waals surface area contributed by atoms with Crippen LogP contribution in [-0.4, -0.2) is 60.0 Å². The third kappa shape index (κ3) is 3.54. The molecule has 0 spiro atoms. The maximum absolute atomic E-state index is 2.75. The average Bonchev–Trinajstić information content (AvgIpc) is 2.58. The molecule has 2 heterocycles. The Bertz CT molecular complexity index is 627. The standard InChI is InChI=1S/C21H27N3/c1-22-14-20-16-23(12-18-8-4-2-5-9-18)17-21(15-22)24(20)13-19-10-6-3-7-11-19/h2-11,20-21H,12-17H2,1H3. The highest BCUT2D eigenvalue weighted by Crippen LogP contribution is 2.25. The number of benzene rings is 2. The first-order chi connectivity index (χ1) is 11.8. The van der Waals surface area contributed by atoms with Crippen molar-refractivity contribution >= 4 is 0 Å². The smallest absolute Gasteiger partial charge is 0.0358 e. The first kappa shape index (κ1) is 15.8. The van der Waals surface area contributed by atoms with E-state index in [1.165, 1.54) is 37.3 Å². The molecule has 0 aromatic heterocycles. The molecule has 0 N–H and O–H groups in total. The molecule has 2 saturated heterocycles. The van der Waals surface area contributed by atoms with Crippen LogP contribution in [0.3, 0.4) is 0 Å². The minimum atomic E-state index is 0.631. The summed E-state index contributed by atoms with van der Waals surface area (Å²) in [6, 6.07) is 23.1. The zero-order chi connectivity index (χ0) is 16.4. The van der Waals surface area contributed by atoms with E-state index in [-0.39, 0.29) is 0 Å². The Morgan fingerprint density at radius 2 is 1.21 bits per heavy atom. The molecule has 0 aliphatic carbocycles. The fraction of sp³-hybridized carbons (Fsp3) is 0.429. The lowest BCUT2D eigenvalue weighted by Crippen LogP contribution is -2.67. The molecule has 3 nitrogen and oxygen atoms in total. The number of likely N-dealkylation sites (N-methyl/N-ethyl adjacent to an activating group) is 1. The lowest BCUT2D eigenvalue weighted by Gasteiger charge is -2.52. The Hall–Kier alpha value is -1.68. The van der Waals surface area contributed by atoms with Crippen LogP contribution >= 0.6 is 0 Å². The monoisotopic (exact) mass is 321 g/mol. The van der Waals surface area contributed by atoms with Gasteiger partial charge in [0.05, 0.1) is 0 Å². The summed E-state index contributed by atoms with van der Waals surface area (Å²) in [4.78, 5) is 7.91. The molecule has 0 saturated carbocycles. The van der Waals surface area contributed by atoms with Crippen molar-refractivity contribution in [3.05, 3.63) is 71.8 Å². The molecule has 126 valence electrons. The van der Waals surface area contributed by atoms with E-state index in [1.807, 2.05) is 0 Å². The van der Waals surface area contributed by atoms with Crippen LogP contribution in [-0.2, 0) is 13.1 Å². The molecule has 0 amide bonds. The Labute approximate surface area is 145 Å². The van der Waals surface area contributed by atoms with Gasteiger partial charge in [-0.25, -0.2) is 0 Å². The summed E-state index contributed by atoms with van der Waals surface area (Å²) in [5.74, 6) is 0. The van der Waals surface area contributed by atoms with Gasteiger partial charge in [-0.3, -0.25) is 9.80 Å². The molecular weight excluding hydrogens is 294 g/mol. The highest BCUT2D eigenvalue weighted by molar-refractivity contribution is 5.17. The van der Waals surface area contributed by atoms with Crippen LogP contribution in [0.25, 0.3) is 0 Å². The number of hydrogen-bond donors (Lipinski definition) is 0. The van der Waals surface area contributed by atoms with Crippen LogP contribution < -0.4 is 0 Å². The molecular formula is C21H27N3. The van der Waals surface area contributed by atoms with Gasteiger partial charge >= 0.3 is 0 Å². The van der Waals surface area contributed by atoms with Gasteiger partial charge in [0.2, 0.25) is 0 Å². The summed E-state index contributed by atoms with van der Waals surface area (Å²) in [7, 11) is 2.27. The highest BCUT2D eigenvalue weighted by atomic mass is 15.4. The molecule has 2 atom stereocenters. The summed E-state index contributed by atoms with van der Waals surface area (Å²) >= 11 is 0. The van der Waals surface area contributed by atoms with Crippen LogP contribution in [0, 0.1) is 0 Å². The third-order valence-electron chi connectivity index (χ3n) is 5.38. The van der Waals surface area contributed by atoms with Gasteiger partial charge in [-0.2, -0.15) is 0 Å². The van der Waals surface area contributed by atoms with E-state index in [9.17, 15) is 0 Å². The topological polar surface area (TPSA) is 9.72 Å². The minimum Gasteiger partial charge on any atom is -0.303 e. The fourth-order valence-corrected chi connectivity index (χ4v) is 4.32. The van der Waals surface area contributed by atoms with Crippen molar-refractivity contribution in [1.82, 2.24) is 14.7 Å². The van der Waals surface area contributed by atoms with Crippen LogP contribution in [0.1, 0.15) is 11.1 Å². The number of piperazine rings is 2. The van der Waals surface area contributed by atoms with E-state index >= 15 is 0 Å². The third-order valence-corrected chi connectivity index (χ3v) is 5.38. The summed E-state index contributed by atoms with van der Waals surface area (Å²) in [5.41, 5.74) is 2.87. The summed E-state index contributed by atoms with van der Waals surface area (Å²) < 4.78 is 0. The number of hydrogen-bond acceptors (Lipinski definition) is 3. The SMILES string of the molecule is CN1CC2CN(Cc3ccccc3)CC(C1)N2Cc1ccccc1. The van der Waals surface area contributed by atoms with E-state index in [2.05, 4.69) is 82.4 Å². The van der Waals surface area contributed by atoms with Crippen molar-refractivity contribution in [2.75, 3.05) is 33.2 Å². The lowest BCUT2D eigenvalue weighted by atomic mass is 9.98. The average molecular weight is 321 g/mol. The summed E-state index contributed by atoms with van der Waals surface area (Å²) in [6.07, 6.45) is 0. The zero-order valence-corrected chi connectivity index (χ0v) is 14.5.